The Hall–Kier alpha value is -0.620. The van der Waals surface area contributed by atoms with Crippen LogP contribution in [-0.4, -0.2) is 44.6 Å². The number of sulfonamides is 1. The van der Waals surface area contributed by atoms with Gasteiger partial charge in [-0.3, -0.25) is 4.79 Å². The smallest absolute Gasteiger partial charge is 0.219 e. The Morgan fingerprint density at radius 3 is 2.67 bits per heavy atom. The number of carbonyl (C=O) groups is 1. The highest BCUT2D eigenvalue weighted by molar-refractivity contribution is 7.88. The number of hydrogen-bond acceptors (Lipinski definition) is 3. The molecule has 1 unspecified atom stereocenters. The number of nitrogens with zero attached hydrogens (tertiary/aromatic N) is 1. The van der Waals surface area contributed by atoms with Gasteiger partial charge in [0.15, 0.2) is 0 Å². The van der Waals surface area contributed by atoms with Gasteiger partial charge in [-0.15, -0.1) is 0 Å². The Morgan fingerprint density at radius 1 is 1.47 bits per heavy atom. The molecule has 0 bridgehead atoms. The lowest BCUT2D eigenvalue weighted by atomic mass is 10.0. The molecule has 0 aromatic heterocycles. The first-order valence-electron chi connectivity index (χ1n) is 5.12. The number of hydrogen-bond donors (Lipinski definition) is 1. The number of rotatable bonds is 3. The van der Waals surface area contributed by atoms with Gasteiger partial charge >= 0.3 is 0 Å². The quantitative estimate of drug-likeness (QED) is 0.743. The molecule has 15 heavy (non-hydrogen) atoms. The minimum Gasteiger partial charge on any atom is -0.339 e. The van der Waals surface area contributed by atoms with Crippen molar-refractivity contribution in [1.29, 1.82) is 0 Å². The second-order valence-corrected chi connectivity index (χ2v) is 5.82. The van der Waals surface area contributed by atoms with Crippen LogP contribution in [0.3, 0.4) is 0 Å². The monoisotopic (exact) mass is 234 g/mol. The van der Waals surface area contributed by atoms with Crippen LogP contribution in [-0.2, 0) is 14.8 Å². The Bertz CT molecular complexity index is 326. The van der Waals surface area contributed by atoms with Crippen LogP contribution in [0.5, 0.6) is 0 Å². The van der Waals surface area contributed by atoms with E-state index in [4.69, 9.17) is 0 Å². The number of carbonyl (C=O) groups excluding carboxylic acids is 1. The van der Waals surface area contributed by atoms with Crippen LogP contribution in [0.15, 0.2) is 0 Å². The second-order valence-electron chi connectivity index (χ2n) is 3.98. The Balaban J connectivity index is 2.54. The average Bonchev–Trinajstić information content (AvgIpc) is 2.14. The van der Waals surface area contributed by atoms with E-state index in [-0.39, 0.29) is 11.9 Å². The Kier molecular flexibility index (Phi) is 4.10. The summed E-state index contributed by atoms with van der Waals surface area (Å²) in [5.74, 6) is 0.0231. The van der Waals surface area contributed by atoms with Crippen LogP contribution in [0, 0.1) is 0 Å². The molecule has 1 saturated heterocycles. The fourth-order valence-corrected chi connectivity index (χ4v) is 2.37. The van der Waals surface area contributed by atoms with E-state index in [1.54, 1.807) is 4.90 Å². The molecule has 1 heterocycles. The first-order valence-corrected chi connectivity index (χ1v) is 7.01. The van der Waals surface area contributed by atoms with Crippen molar-refractivity contribution < 1.29 is 13.2 Å². The number of piperidine rings is 1. The molecule has 6 heteroatoms. The van der Waals surface area contributed by atoms with Gasteiger partial charge < -0.3 is 4.90 Å². The topological polar surface area (TPSA) is 66.5 Å². The van der Waals surface area contributed by atoms with Gasteiger partial charge in [-0.1, -0.05) is 0 Å². The van der Waals surface area contributed by atoms with Gasteiger partial charge in [-0.25, -0.2) is 13.1 Å². The molecule has 0 radical (unpaired) electrons. The summed E-state index contributed by atoms with van der Waals surface area (Å²) in [4.78, 5) is 13.0. The minimum atomic E-state index is -3.16. The van der Waals surface area contributed by atoms with Crippen molar-refractivity contribution in [3.63, 3.8) is 0 Å². The lowest BCUT2D eigenvalue weighted by Gasteiger charge is -2.35. The maximum atomic E-state index is 11.3. The summed E-state index contributed by atoms with van der Waals surface area (Å²) in [6.07, 6.45) is 4.07. The van der Waals surface area contributed by atoms with E-state index in [1.807, 2.05) is 0 Å². The third kappa shape index (κ3) is 4.17. The highest BCUT2D eigenvalue weighted by Crippen LogP contribution is 2.16. The molecule has 88 valence electrons. The zero-order chi connectivity index (χ0) is 11.5. The van der Waals surface area contributed by atoms with E-state index in [9.17, 15) is 13.2 Å². The summed E-state index contributed by atoms with van der Waals surface area (Å²) in [7, 11) is -3.16. The van der Waals surface area contributed by atoms with Crippen molar-refractivity contribution in [3.8, 4) is 0 Å². The van der Waals surface area contributed by atoms with Gasteiger partial charge in [-0.05, 0) is 19.3 Å². The van der Waals surface area contributed by atoms with Crippen LogP contribution in [0.2, 0.25) is 0 Å². The summed E-state index contributed by atoms with van der Waals surface area (Å²) in [6, 6.07) is 0.0194. The summed E-state index contributed by atoms with van der Waals surface area (Å²) >= 11 is 0. The first kappa shape index (κ1) is 12.4. The third-order valence-electron chi connectivity index (χ3n) is 2.61. The van der Waals surface area contributed by atoms with E-state index >= 15 is 0 Å². The van der Waals surface area contributed by atoms with Gasteiger partial charge in [-0.2, -0.15) is 0 Å². The molecule has 1 N–H and O–H groups in total. The van der Waals surface area contributed by atoms with Crippen molar-refractivity contribution >= 4 is 15.9 Å². The summed E-state index contributed by atoms with van der Waals surface area (Å²) in [5, 5.41) is 0. The van der Waals surface area contributed by atoms with Crippen LogP contribution in [0.25, 0.3) is 0 Å². The standard InChI is InChI=1S/C9H18N2O3S/c1-8(12)11-6-4-3-5-9(11)7-10-15(2,13)14/h9-10H,3-7H2,1-2H3. The first-order chi connectivity index (χ1) is 6.90. The molecule has 1 amide bonds. The van der Waals surface area contributed by atoms with E-state index in [0.717, 1.165) is 32.1 Å². The number of amides is 1. The molecule has 5 nitrogen and oxygen atoms in total. The van der Waals surface area contributed by atoms with Crippen LogP contribution < -0.4 is 4.72 Å². The lowest BCUT2D eigenvalue weighted by molar-refractivity contribution is -0.132. The predicted molar refractivity (Wildman–Crippen MR) is 57.9 cm³/mol. The van der Waals surface area contributed by atoms with Crippen molar-refractivity contribution in [2.75, 3.05) is 19.3 Å². The SMILES string of the molecule is CC(=O)N1CCCCC1CNS(C)(=O)=O. The zero-order valence-electron chi connectivity index (χ0n) is 9.19. The molecule has 1 rings (SSSR count). The molecule has 0 aromatic carbocycles. The minimum absolute atomic E-state index is 0.0194. The van der Waals surface area contributed by atoms with E-state index in [0.29, 0.717) is 6.54 Å². The van der Waals surface area contributed by atoms with Crippen molar-refractivity contribution in [2.45, 2.75) is 32.2 Å². The normalized spacial score (nSPS) is 22.8. The molecule has 0 aromatic rings. The molecule has 1 aliphatic heterocycles. The lowest BCUT2D eigenvalue weighted by Crippen LogP contribution is -2.48. The molecule has 1 atom stereocenters. The van der Waals surface area contributed by atoms with E-state index in [2.05, 4.69) is 4.72 Å². The van der Waals surface area contributed by atoms with Crippen LogP contribution >= 0.6 is 0 Å². The van der Waals surface area contributed by atoms with Gasteiger partial charge in [0.05, 0.1) is 6.26 Å². The van der Waals surface area contributed by atoms with Gasteiger partial charge in [0.1, 0.15) is 0 Å². The second kappa shape index (κ2) is 4.94. The zero-order valence-corrected chi connectivity index (χ0v) is 10.0. The van der Waals surface area contributed by atoms with Crippen LogP contribution in [0.4, 0.5) is 0 Å². The third-order valence-corrected chi connectivity index (χ3v) is 3.30. The van der Waals surface area contributed by atoms with Gasteiger partial charge in [0.2, 0.25) is 15.9 Å². The van der Waals surface area contributed by atoms with E-state index in [1.165, 1.54) is 6.92 Å². The summed E-state index contributed by atoms with van der Waals surface area (Å²) in [5.41, 5.74) is 0. The largest absolute Gasteiger partial charge is 0.339 e. The Morgan fingerprint density at radius 2 is 2.13 bits per heavy atom. The molecule has 1 fully saturated rings. The molecule has 0 aliphatic carbocycles. The fraction of sp³-hybridized carbons (Fsp3) is 0.889. The van der Waals surface area contributed by atoms with Crippen molar-refractivity contribution in [2.24, 2.45) is 0 Å². The molecular weight excluding hydrogens is 216 g/mol. The number of nitrogens with one attached hydrogen (secondary N) is 1. The molecule has 0 spiro atoms. The summed E-state index contributed by atoms with van der Waals surface area (Å²) in [6.45, 7) is 2.60. The number of likely N-dealkylation sites (tertiary alicyclic amines) is 1. The highest BCUT2D eigenvalue weighted by atomic mass is 32.2. The fourth-order valence-electron chi connectivity index (χ4n) is 1.87. The van der Waals surface area contributed by atoms with Crippen LogP contribution in [0.1, 0.15) is 26.2 Å². The van der Waals surface area contributed by atoms with Crippen molar-refractivity contribution in [1.82, 2.24) is 9.62 Å². The van der Waals surface area contributed by atoms with Gasteiger partial charge in [0.25, 0.3) is 0 Å². The van der Waals surface area contributed by atoms with E-state index < -0.39 is 10.0 Å². The Labute approximate surface area is 90.9 Å². The average molecular weight is 234 g/mol. The highest BCUT2D eigenvalue weighted by Gasteiger charge is 2.24. The molecule has 1 aliphatic rings. The van der Waals surface area contributed by atoms with Gasteiger partial charge in [0, 0.05) is 26.1 Å². The maximum Gasteiger partial charge on any atom is 0.219 e. The molecular formula is C9H18N2O3S. The summed E-state index contributed by atoms with van der Waals surface area (Å²) < 4.78 is 24.3. The molecule has 0 saturated carbocycles. The predicted octanol–water partition coefficient (Wildman–Crippen LogP) is -0.0634. The van der Waals surface area contributed by atoms with Crippen molar-refractivity contribution in [3.05, 3.63) is 0 Å². The maximum absolute atomic E-state index is 11.3.